The van der Waals surface area contributed by atoms with Crippen LogP contribution in [0.1, 0.15) is 22.3 Å². The first kappa shape index (κ1) is 25.0. The Kier molecular flexibility index (Phi) is 5.08. The molecule has 46 heavy (non-hydrogen) atoms. The summed E-state index contributed by atoms with van der Waals surface area (Å²) in [6.45, 7) is 0. The molecule has 0 bridgehead atoms. The minimum absolute atomic E-state index is 0.559. The van der Waals surface area contributed by atoms with Crippen LogP contribution in [0, 0.1) is 0 Å². The fourth-order valence-corrected chi connectivity index (χ4v) is 7.63. The van der Waals surface area contributed by atoms with E-state index >= 15 is 0 Å². The van der Waals surface area contributed by atoms with Gasteiger partial charge in [0.15, 0.2) is 0 Å². The van der Waals surface area contributed by atoms with Crippen molar-refractivity contribution in [2.45, 2.75) is 5.41 Å². The number of hydrogen-bond donors (Lipinski definition) is 0. The van der Waals surface area contributed by atoms with Gasteiger partial charge in [-0.25, -0.2) is 15.0 Å². The number of rotatable bonds is 2. The van der Waals surface area contributed by atoms with Crippen LogP contribution in [0.25, 0.3) is 27.9 Å². The number of aromatic nitrogens is 5. The molecule has 5 heterocycles. The number of para-hydroxylation sites is 4. The highest BCUT2D eigenvalue weighted by Gasteiger charge is 2.50. The number of ether oxygens (including phenoxy) is 1. The van der Waals surface area contributed by atoms with Gasteiger partial charge in [0.05, 0.1) is 33.3 Å². The van der Waals surface area contributed by atoms with Crippen LogP contribution >= 0.6 is 0 Å². The normalized spacial score (nSPS) is 14.0. The molecule has 2 aliphatic heterocycles. The number of fused-ring (bicyclic) bond motifs is 11. The molecule has 0 aliphatic carbocycles. The maximum atomic E-state index is 6.54. The van der Waals surface area contributed by atoms with Crippen molar-refractivity contribution in [2.75, 3.05) is 4.90 Å². The molecular weight excluding hydrogens is 568 g/mol. The second kappa shape index (κ2) is 9.33. The number of hydrogen-bond acceptors (Lipinski definition) is 6. The first-order valence-corrected chi connectivity index (χ1v) is 15.2. The third-order valence-corrected chi connectivity index (χ3v) is 9.34. The minimum Gasteiger partial charge on any atom is -0.457 e. The molecule has 2 aliphatic rings. The molecule has 0 unspecified atom stereocenters. The van der Waals surface area contributed by atoms with Crippen molar-refractivity contribution in [3.05, 3.63) is 168 Å². The number of benzene rings is 5. The average Bonchev–Trinajstić information content (AvgIpc) is 3.46. The predicted octanol–water partition coefficient (Wildman–Crippen LogP) is 8.64. The Morgan fingerprint density at radius 2 is 1.15 bits per heavy atom. The standard InChI is InChI=1S/C39H24N6O/c1-5-14-32-27(10-1)39(29-12-3-7-17-35(29)46-36-18-8-4-13-30(36)39)28-11-2-6-15-33(28)44(32)25-19-20-31-26(22-25)37-34(16-9-21-41-37)45(31)38-42-23-40-24-43-38/h1-24H. The smallest absolute Gasteiger partial charge is 0.237 e. The molecule has 8 aromatic rings. The lowest BCUT2D eigenvalue weighted by Gasteiger charge is -2.48. The monoisotopic (exact) mass is 592 g/mol. The van der Waals surface area contributed by atoms with Gasteiger partial charge in [-0.2, -0.15) is 0 Å². The van der Waals surface area contributed by atoms with Gasteiger partial charge >= 0.3 is 0 Å². The molecule has 0 N–H and O–H groups in total. The number of anilines is 3. The maximum absolute atomic E-state index is 6.54. The zero-order valence-corrected chi connectivity index (χ0v) is 24.4. The lowest BCUT2D eigenvalue weighted by Crippen LogP contribution is -2.39. The maximum Gasteiger partial charge on any atom is 0.237 e. The molecule has 10 rings (SSSR count). The molecular formula is C39H24N6O. The van der Waals surface area contributed by atoms with Gasteiger partial charge in [-0.15, -0.1) is 0 Å². The van der Waals surface area contributed by atoms with E-state index in [4.69, 9.17) is 9.72 Å². The highest BCUT2D eigenvalue weighted by molar-refractivity contribution is 6.08. The van der Waals surface area contributed by atoms with E-state index in [1.807, 2.05) is 29.0 Å². The largest absolute Gasteiger partial charge is 0.457 e. The van der Waals surface area contributed by atoms with E-state index in [9.17, 15) is 0 Å². The van der Waals surface area contributed by atoms with Crippen LogP contribution in [0.3, 0.4) is 0 Å². The van der Waals surface area contributed by atoms with E-state index in [1.54, 1.807) is 0 Å². The molecule has 5 aromatic carbocycles. The van der Waals surface area contributed by atoms with Gasteiger partial charge in [0.25, 0.3) is 0 Å². The lowest BCUT2D eigenvalue weighted by atomic mass is 9.61. The van der Waals surface area contributed by atoms with Crippen LogP contribution in [0.15, 0.2) is 146 Å². The molecule has 1 spiro atoms. The van der Waals surface area contributed by atoms with Crippen LogP contribution in [-0.2, 0) is 5.41 Å². The van der Waals surface area contributed by atoms with Crippen LogP contribution in [0.4, 0.5) is 17.1 Å². The van der Waals surface area contributed by atoms with E-state index in [0.29, 0.717) is 5.95 Å². The third kappa shape index (κ3) is 3.21. The van der Waals surface area contributed by atoms with E-state index < -0.39 is 5.41 Å². The fourth-order valence-electron chi connectivity index (χ4n) is 7.63. The quantitative estimate of drug-likeness (QED) is 0.200. The second-order valence-electron chi connectivity index (χ2n) is 11.6. The summed E-state index contributed by atoms with van der Waals surface area (Å²) in [5.41, 5.74) is 10.2. The summed E-state index contributed by atoms with van der Waals surface area (Å²) in [5, 5.41) is 1.02. The van der Waals surface area contributed by atoms with Crippen molar-refractivity contribution in [3.63, 3.8) is 0 Å². The van der Waals surface area contributed by atoms with Crippen molar-refractivity contribution >= 4 is 39.0 Å². The van der Waals surface area contributed by atoms with Gasteiger partial charge in [-0.1, -0.05) is 72.8 Å². The minimum atomic E-state index is -0.574. The third-order valence-electron chi connectivity index (χ3n) is 9.34. The molecule has 7 nitrogen and oxygen atoms in total. The van der Waals surface area contributed by atoms with Gasteiger partial charge in [-0.05, 0) is 65.7 Å². The van der Waals surface area contributed by atoms with Gasteiger partial charge in [0, 0.05) is 28.4 Å². The molecule has 0 fully saturated rings. The summed E-state index contributed by atoms with van der Waals surface area (Å²) in [4.78, 5) is 20.2. The van der Waals surface area contributed by atoms with Gasteiger partial charge in [0.2, 0.25) is 5.95 Å². The highest BCUT2D eigenvalue weighted by Crippen LogP contribution is 2.62. The first-order chi connectivity index (χ1) is 22.8. The Balaban J connectivity index is 1.28. The van der Waals surface area contributed by atoms with E-state index in [1.165, 1.54) is 23.8 Å². The van der Waals surface area contributed by atoms with Crippen molar-refractivity contribution in [3.8, 4) is 17.4 Å². The fraction of sp³-hybridized carbons (Fsp3) is 0.0256. The highest BCUT2D eigenvalue weighted by atomic mass is 16.5. The Morgan fingerprint density at radius 3 is 1.83 bits per heavy atom. The van der Waals surface area contributed by atoms with E-state index in [-0.39, 0.29) is 0 Å². The van der Waals surface area contributed by atoms with Crippen molar-refractivity contribution in [1.82, 2.24) is 24.5 Å². The molecule has 0 amide bonds. The van der Waals surface area contributed by atoms with Crippen molar-refractivity contribution < 1.29 is 4.74 Å². The Morgan fingerprint density at radius 1 is 0.543 bits per heavy atom. The second-order valence-corrected chi connectivity index (χ2v) is 11.6. The van der Waals surface area contributed by atoms with Crippen LogP contribution < -0.4 is 9.64 Å². The van der Waals surface area contributed by atoms with Crippen LogP contribution in [0.5, 0.6) is 11.5 Å². The number of nitrogens with zero attached hydrogens (tertiary/aromatic N) is 6. The summed E-state index contributed by atoms with van der Waals surface area (Å²) < 4.78 is 8.59. The Hall–Kier alpha value is -6.34. The SMILES string of the molecule is c1ccc2c(c1)Oc1ccccc1C21c2ccccc2N(c2ccc3c(c2)c2ncccc2n3-c2ncncn2)c2ccccc21. The summed E-state index contributed by atoms with van der Waals surface area (Å²) in [7, 11) is 0. The van der Waals surface area contributed by atoms with E-state index in [0.717, 1.165) is 61.6 Å². The molecule has 0 saturated heterocycles. The van der Waals surface area contributed by atoms with E-state index in [2.05, 4.69) is 129 Å². The topological polar surface area (TPSA) is 69.0 Å². The van der Waals surface area contributed by atoms with Gasteiger partial charge < -0.3 is 9.64 Å². The zero-order valence-electron chi connectivity index (χ0n) is 24.4. The zero-order chi connectivity index (χ0) is 30.2. The van der Waals surface area contributed by atoms with Gasteiger partial charge in [-0.3, -0.25) is 9.55 Å². The Labute approximate surface area is 264 Å². The van der Waals surface area contributed by atoms with Gasteiger partial charge in [0.1, 0.15) is 24.2 Å². The number of pyridine rings is 1. The molecule has 3 aromatic heterocycles. The molecule has 0 atom stereocenters. The summed E-state index contributed by atoms with van der Waals surface area (Å²) in [6, 6.07) is 45.0. The molecule has 216 valence electrons. The Bertz CT molecular complexity index is 2390. The van der Waals surface area contributed by atoms with Crippen LogP contribution in [0.2, 0.25) is 0 Å². The summed E-state index contributed by atoms with van der Waals surface area (Å²) in [5.74, 6) is 2.30. The van der Waals surface area contributed by atoms with Crippen molar-refractivity contribution in [1.29, 1.82) is 0 Å². The molecule has 0 radical (unpaired) electrons. The molecule has 0 saturated carbocycles. The van der Waals surface area contributed by atoms with Crippen molar-refractivity contribution in [2.24, 2.45) is 0 Å². The average molecular weight is 593 g/mol. The molecule has 7 heteroatoms. The summed E-state index contributed by atoms with van der Waals surface area (Å²) in [6.07, 6.45) is 4.88. The van der Waals surface area contributed by atoms with Crippen LogP contribution in [-0.4, -0.2) is 24.5 Å². The predicted molar refractivity (Wildman–Crippen MR) is 179 cm³/mol. The lowest BCUT2D eigenvalue weighted by molar-refractivity contribution is 0.434. The summed E-state index contributed by atoms with van der Waals surface area (Å²) >= 11 is 0. The first-order valence-electron chi connectivity index (χ1n) is 15.2.